The van der Waals surface area contributed by atoms with Crippen LogP contribution in [0.25, 0.3) is 0 Å². The molecular weight excluding hydrogens is 182 g/mol. The Kier molecular flexibility index (Phi) is 3.64. The molecule has 1 rings (SSSR count). The molecule has 0 fully saturated rings. The first-order chi connectivity index (χ1) is 6.59. The standard InChI is InChI=1S/C9H15N3O2/c1-7-6-8(11-14-7)9(13)10-4-5-12(2)3/h6H,4-5H2,1-3H3,(H,10,13). The van der Waals surface area contributed by atoms with E-state index in [0.717, 1.165) is 6.54 Å². The second-order valence-corrected chi connectivity index (χ2v) is 3.38. The van der Waals surface area contributed by atoms with Crippen LogP contribution < -0.4 is 5.32 Å². The first-order valence-corrected chi connectivity index (χ1v) is 4.46. The Morgan fingerprint density at radius 2 is 2.36 bits per heavy atom. The van der Waals surface area contributed by atoms with Crippen LogP contribution in [-0.4, -0.2) is 43.1 Å². The number of rotatable bonds is 4. The summed E-state index contributed by atoms with van der Waals surface area (Å²) in [5, 5.41) is 6.35. The summed E-state index contributed by atoms with van der Waals surface area (Å²) in [5.41, 5.74) is 0.334. The Bertz CT molecular complexity index is 307. The largest absolute Gasteiger partial charge is 0.361 e. The number of nitrogens with one attached hydrogen (secondary N) is 1. The van der Waals surface area contributed by atoms with Crippen molar-refractivity contribution in [2.75, 3.05) is 27.2 Å². The van der Waals surface area contributed by atoms with E-state index >= 15 is 0 Å². The second-order valence-electron chi connectivity index (χ2n) is 3.38. The molecule has 14 heavy (non-hydrogen) atoms. The van der Waals surface area contributed by atoms with Crippen LogP contribution in [0.15, 0.2) is 10.6 Å². The lowest BCUT2D eigenvalue weighted by atomic mass is 10.3. The number of hydrogen-bond donors (Lipinski definition) is 1. The first-order valence-electron chi connectivity index (χ1n) is 4.46. The molecular formula is C9H15N3O2. The number of amides is 1. The van der Waals surface area contributed by atoms with Crippen molar-refractivity contribution < 1.29 is 9.32 Å². The minimum atomic E-state index is -0.191. The quantitative estimate of drug-likeness (QED) is 0.753. The fourth-order valence-electron chi connectivity index (χ4n) is 0.957. The third kappa shape index (κ3) is 3.18. The molecule has 1 heterocycles. The molecule has 0 radical (unpaired) electrons. The van der Waals surface area contributed by atoms with Crippen LogP contribution in [0.1, 0.15) is 16.2 Å². The van der Waals surface area contributed by atoms with Gasteiger partial charge in [-0.15, -0.1) is 0 Å². The maximum absolute atomic E-state index is 11.4. The van der Waals surface area contributed by atoms with E-state index in [1.165, 1.54) is 0 Å². The summed E-state index contributed by atoms with van der Waals surface area (Å²) >= 11 is 0. The third-order valence-corrected chi connectivity index (χ3v) is 1.71. The Labute approximate surface area is 83.1 Å². The molecule has 0 aliphatic heterocycles. The molecule has 0 saturated carbocycles. The minimum Gasteiger partial charge on any atom is -0.361 e. The first kappa shape index (κ1) is 10.7. The lowest BCUT2D eigenvalue weighted by Crippen LogP contribution is -2.31. The fraction of sp³-hybridized carbons (Fsp3) is 0.556. The van der Waals surface area contributed by atoms with Gasteiger partial charge in [-0.3, -0.25) is 4.79 Å². The highest BCUT2D eigenvalue weighted by Gasteiger charge is 2.09. The third-order valence-electron chi connectivity index (χ3n) is 1.71. The van der Waals surface area contributed by atoms with E-state index in [0.29, 0.717) is 18.0 Å². The second kappa shape index (κ2) is 4.76. The predicted molar refractivity (Wildman–Crippen MR) is 52.1 cm³/mol. The summed E-state index contributed by atoms with van der Waals surface area (Å²) in [6.45, 7) is 3.17. The summed E-state index contributed by atoms with van der Waals surface area (Å²) in [4.78, 5) is 13.4. The van der Waals surface area contributed by atoms with Gasteiger partial charge in [-0.1, -0.05) is 5.16 Å². The number of likely N-dealkylation sites (N-methyl/N-ethyl adjacent to an activating group) is 1. The van der Waals surface area contributed by atoms with Gasteiger partial charge in [0.15, 0.2) is 5.69 Å². The number of nitrogens with zero attached hydrogens (tertiary/aromatic N) is 2. The number of aromatic nitrogens is 1. The number of carbonyl (C=O) groups excluding carboxylic acids is 1. The van der Waals surface area contributed by atoms with Gasteiger partial charge >= 0.3 is 0 Å². The molecule has 1 amide bonds. The molecule has 0 aromatic carbocycles. The Hall–Kier alpha value is -1.36. The highest BCUT2D eigenvalue weighted by Crippen LogP contribution is 2.00. The van der Waals surface area contributed by atoms with E-state index < -0.39 is 0 Å². The monoisotopic (exact) mass is 197 g/mol. The van der Waals surface area contributed by atoms with Gasteiger partial charge in [0.25, 0.3) is 5.91 Å². The smallest absolute Gasteiger partial charge is 0.273 e. The number of hydrogen-bond acceptors (Lipinski definition) is 4. The van der Waals surface area contributed by atoms with Gasteiger partial charge in [-0.25, -0.2) is 0 Å². The lowest BCUT2D eigenvalue weighted by Gasteiger charge is -2.08. The molecule has 0 bridgehead atoms. The molecule has 1 aromatic heterocycles. The highest BCUT2D eigenvalue weighted by molar-refractivity contribution is 5.92. The minimum absolute atomic E-state index is 0.191. The summed E-state index contributed by atoms with van der Waals surface area (Å²) < 4.78 is 4.79. The maximum Gasteiger partial charge on any atom is 0.273 e. The fourth-order valence-corrected chi connectivity index (χ4v) is 0.957. The van der Waals surface area contributed by atoms with Crippen LogP contribution in [0.4, 0.5) is 0 Å². The van der Waals surface area contributed by atoms with Crippen LogP contribution in [0, 0.1) is 6.92 Å². The van der Waals surface area contributed by atoms with Gasteiger partial charge in [0, 0.05) is 19.2 Å². The average Bonchev–Trinajstić information content (AvgIpc) is 2.51. The molecule has 1 aromatic rings. The van der Waals surface area contributed by atoms with E-state index in [1.54, 1.807) is 13.0 Å². The molecule has 0 atom stereocenters. The van der Waals surface area contributed by atoms with Crippen molar-refractivity contribution in [3.8, 4) is 0 Å². The van der Waals surface area contributed by atoms with Crippen molar-refractivity contribution in [1.29, 1.82) is 0 Å². The molecule has 1 N–H and O–H groups in total. The summed E-state index contributed by atoms with van der Waals surface area (Å²) in [6, 6.07) is 1.62. The number of aryl methyl sites for hydroxylation is 1. The van der Waals surface area contributed by atoms with E-state index in [9.17, 15) is 4.79 Å². The molecule has 78 valence electrons. The molecule has 5 heteroatoms. The van der Waals surface area contributed by atoms with Gasteiger partial charge < -0.3 is 14.7 Å². The number of carbonyl (C=O) groups is 1. The van der Waals surface area contributed by atoms with Crippen LogP contribution in [0.3, 0.4) is 0 Å². The van der Waals surface area contributed by atoms with Crippen molar-refractivity contribution in [2.45, 2.75) is 6.92 Å². The zero-order valence-corrected chi connectivity index (χ0v) is 8.70. The van der Waals surface area contributed by atoms with Crippen LogP contribution >= 0.6 is 0 Å². The predicted octanol–water partition coefficient (Wildman–Crippen LogP) is 0.274. The zero-order valence-electron chi connectivity index (χ0n) is 8.70. The van der Waals surface area contributed by atoms with Gasteiger partial charge in [0.1, 0.15) is 5.76 Å². The van der Waals surface area contributed by atoms with Gasteiger partial charge in [0.05, 0.1) is 0 Å². The molecule has 0 aliphatic rings. The topological polar surface area (TPSA) is 58.4 Å². The molecule has 0 saturated heterocycles. The molecule has 0 spiro atoms. The average molecular weight is 197 g/mol. The van der Waals surface area contributed by atoms with Crippen molar-refractivity contribution in [3.63, 3.8) is 0 Å². The van der Waals surface area contributed by atoms with Gasteiger partial charge in [-0.2, -0.15) is 0 Å². The van der Waals surface area contributed by atoms with Crippen LogP contribution in [0.2, 0.25) is 0 Å². The van der Waals surface area contributed by atoms with Crippen molar-refractivity contribution in [1.82, 2.24) is 15.4 Å². The Morgan fingerprint density at radius 1 is 1.64 bits per heavy atom. The van der Waals surface area contributed by atoms with Crippen LogP contribution in [0.5, 0.6) is 0 Å². The van der Waals surface area contributed by atoms with E-state index in [4.69, 9.17) is 4.52 Å². The normalized spacial score (nSPS) is 10.6. The highest BCUT2D eigenvalue weighted by atomic mass is 16.5. The summed E-state index contributed by atoms with van der Waals surface area (Å²) in [7, 11) is 3.90. The SMILES string of the molecule is Cc1cc(C(=O)NCCN(C)C)no1. The Balaban J connectivity index is 2.36. The van der Waals surface area contributed by atoms with Crippen molar-refractivity contribution >= 4 is 5.91 Å². The van der Waals surface area contributed by atoms with Gasteiger partial charge in [-0.05, 0) is 21.0 Å². The molecule has 0 unspecified atom stereocenters. The van der Waals surface area contributed by atoms with Crippen molar-refractivity contribution in [2.24, 2.45) is 0 Å². The lowest BCUT2D eigenvalue weighted by molar-refractivity contribution is 0.0942. The van der Waals surface area contributed by atoms with Crippen molar-refractivity contribution in [3.05, 3.63) is 17.5 Å². The van der Waals surface area contributed by atoms with E-state index in [2.05, 4.69) is 10.5 Å². The summed E-state index contributed by atoms with van der Waals surface area (Å²) in [6.07, 6.45) is 0. The maximum atomic E-state index is 11.4. The molecule has 0 aliphatic carbocycles. The molecule has 5 nitrogen and oxygen atoms in total. The van der Waals surface area contributed by atoms with Crippen LogP contribution in [-0.2, 0) is 0 Å². The van der Waals surface area contributed by atoms with Gasteiger partial charge in [0.2, 0.25) is 0 Å². The van der Waals surface area contributed by atoms with E-state index in [-0.39, 0.29) is 5.91 Å². The van der Waals surface area contributed by atoms with E-state index in [1.807, 2.05) is 19.0 Å². The Morgan fingerprint density at radius 3 is 2.86 bits per heavy atom. The summed E-state index contributed by atoms with van der Waals surface area (Å²) in [5.74, 6) is 0.450. The zero-order chi connectivity index (χ0) is 10.6.